The van der Waals surface area contributed by atoms with E-state index in [0.29, 0.717) is 12.1 Å². The summed E-state index contributed by atoms with van der Waals surface area (Å²) in [6.07, 6.45) is 7.54. The number of carbonyl (C=O) groups excluding carboxylic acids is 2. The Balaban J connectivity index is 1.23. The predicted octanol–water partition coefficient (Wildman–Crippen LogP) is 6.92. The van der Waals surface area contributed by atoms with Gasteiger partial charge in [0.05, 0.1) is 6.04 Å². The van der Waals surface area contributed by atoms with E-state index in [1.54, 1.807) is 17.9 Å². The third-order valence-electron chi connectivity index (χ3n) is 9.03. The first-order valence-electron chi connectivity index (χ1n) is 15.3. The number of carbonyl (C=O) groups is 2. The molecule has 0 aromatic heterocycles. The molecule has 1 saturated carbocycles. The van der Waals surface area contributed by atoms with Crippen LogP contribution >= 0.6 is 0 Å². The number of benzene rings is 3. The summed E-state index contributed by atoms with van der Waals surface area (Å²) in [5.74, 6) is 0.558. The fourth-order valence-corrected chi connectivity index (χ4v) is 6.96. The molecule has 0 bridgehead atoms. The van der Waals surface area contributed by atoms with Crippen molar-refractivity contribution in [2.45, 2.75) is 76.4 Å². The number of nitrogens with zero attached hydrogens (tertiary/aromatic N) is 3. The van der Waals surface area contributed by atoms with Crippen molar-refractivity contribution in [1.29, 1.82) is 0 Å². The van der Waals surface area contributed by atoms with Gasteiger partial charge in [-0.1, -0.05) is 67.8 Å². The summed E-state index contributed by atoms with van der Waals surface area (Å²) >= 11 is 0. The van der Waals surface area contributed by atoms with Crippen molar-refractivity contribution < 1.29 is 14.0 Å². The van der Waals surface area contributed by atoms with E-state index >= 15 is 0 Å². The van der Waals surface area contributed by atoms with Crippen LogP contribution < -0.4 is 10.2 Å². The number of aliphatic imine (C=N–C) groups is 1. The van der Waals surface area contributed by atoms with Crippen LogP contribution in [0.3, 0.4) is 0 Å². The lowest BCUT2D eigenvalue weighted by molar-refractivity contribution is -0.116. The van der Waals surface area contributed by atoms with E-state index < -0.39 is 5.54 Å². The summed E-state index contributed by atoms with van der Waals surface area (Å²) in [5, 5.41) is 3.11. The molecule has 2 amide bonds. The van der Waals surface area contributed by atoms with Crippen LogP contribution in [0, 0.1) is 5.82 Å². The molecule has 3 fully saturated rings. The number of hydrogen-bond acceptors (Lipinski definition) is 4. The highest BCUT2D eigenvalue weighted by Crippen LogP contribution is 2.39. The normalized spacial score (nSPS) is 20.3. The van der Waals surface area contributed by atoms with Crippen molar-refractivity contribution >= 4 is 23.3 Å². The molecule has 3 aromatic carbocycles. The zero-order valence-corrected chi connectivity index (χ0v) is 24.3. The maximum absolute atomic E-state index is 14.3. The number of likely N-dealkylation sites (tertiary alicyclic amines) is 1. The Morgan fingerprint density at radius 2 is 1.74 bits per heavy atom. The van der Waals surface area contributed by atoms with Crippen molar-refractivity contribution in [3.8, 4) is 11.1 Å². The van der Waals surface area contributed by atoms with Crippen molar-refractivity contribution in [2.75, 3.05) is 18.0 Å². The third kappa shape index (κ3) is 5.88. The van der Waals surface area contributed by atoms with Gasteiger partial charge in [-0.25, -0.2) is 9.18 Å². The smallest absolute Gasteiger partial charge is 0.300 e. The molecule has 0 unspecified atom stereocenters. The minimum absolute atomic E-state index is 0.152. The van der Waals surface area contributed by atoms with Crippen LogP contribution in [0.1, 0.15) is 63.0 Å². The van der Waals surface area contributed by atoms with Gasteiger partial charge in [-0.15, -0.1) is 0 Å². The minimum Gasteiger partial charge on any atom is -0.300 e. The summed E-state index contributed by atoms with van der Waals surface area (Å²) < 4.78 is 14.3. The van der Waals surface area contributed by atoms with Gasteiger partial charge in [0.15, 0.2) is 0 Å². The summed E-state index contributed by atoms with van der Waals surface area (Å²) in [5.41, 5.74) is 4.43. The van der Waals surface area contributed by atoms with Crippen LogP contribution in [0.4, 0.5) is 14.9 Å². The number of piperidine rings is 1. The molecule has 1 spiro atoms. The number of amides is 2. The van der Waals surface area contributed by atoms with Crippen LogP contribution in [0.2, 0.25) is 0 Å². The highest BCUT2D eigenvalue weighted by Gasteiger charge is 2.53. The predicted molar refractivity (Wildman–Crippen MR) is 165 cm³/mol. The Hall–Kier alpha value is -3.84. The number of Topliss-reactive ketones (excluding diaryl/α,β-unsaturated/α-hetero) is 1. The molecule has 0 radical (unpaired) electrons. The number of ketones is 1. The molecule has 2 aliphatic heterocycles. The molecule has 1 aliphatic carbocycles. The van der Waals surface area contributed by atoms with E-state index in [4.69, 9.17) is 4.99 Å². The zero-order valence-electron chi connectivity index (χ0n) is 24.3. The Kier molecular flexibility index (Phi) is 8.20. The number of nitrogens with one attached hydrogen (secondary N) is 1. The largest absolute Gasteiger partial charge is 0.328 e. The molecule has 1 N–H and O–H groups in total. The first kappa shape index (κ1) is 28.3. The standard InChI is InChI=1S/C35H39FN4O2/c1-25(41)21-27-10-5-6-16-32(27)28-11-7-9-26(22-28)24-39-19-17-35(18-20-39)33(37-30-13-3-2-4-14-30)38-34(42)40(35)31-15-8-12-29(36)23-31/h5-12,15-16,22-23,30H,2-4,13-14,17-21,24H2,1H3,(H,37,38,42). The average Bonchev–Trinajstić information content (AvgIpc) is 3.24. The minimum atomic E-state index is -0.605. The van der Waals surface area contributed by atoms with Gasteiger partial charge in [0.1, 0.15) is 23.0 Å². The Labute approximate surface area is 247 Å². The maximum atomic E-state index is 14.3. The quantitative estimate of drug-likeness (QED) is 0.338. The Morgan fingerprint density at radius 3 is 2.50 bits per heavy atom. The van der Waals surface area contributed by atoms with Gasteiger partial charge in [-0.05, 0) is 79.1 Å². The molecule has 6 rings (SSSR count). The van der Waals surface area contributed by atoms with Gasteiger partial charge < -0.3 is 0 Å². The van der Waals surface area contributed by atoms with Crippen LogP contribution in [-0.2, 0) is 17.8 Å². The van der Waals surface area contributed by atoms with Gasteiger partial charge >= 0.3 is 6.03 Å². The van der Waals surface area contributed by atoms with Crippen LogP contribution in [-0.4, -0.2) is 47.2 Å². The topological polar surface area (TPSA) is 65.0 Å². The zero-order chi connectivity index (χ0) is 29.1. The van der Waals surface area contributed by atoms with Crippen molar-refractivity contribution in [3.05, 3.63) is 89.7 Å². The average molecular weight is 567 g/mol. The molecule has 0 atom stereocenters. The summed E-state index contributed by atoms with van der Waals surface area (Å²) in [4.78, 5) is 34.6. The second-order valence-corrected chi connectivity index (χ2v) is 12.1. The van der Waals surface area contributed by atoms with E-state index in [2.05, 4.69) is 40.5 Å². The SMILES string of the molecule is CC(=O)Cc1ccccc1-c1cccc(CN2CCC3(CC2)C(=NC2CCCCC2)NC(=O)N3c2cccc(F)c2)c1. The highest BCUT2D eigenvalue weighted by atomic mass is 19.1. The first-order valence-corrected chi connectivity index (χ1v) is 15.3. The molecule has 6 nitrogen and oxygen atoms in total. The molecule has 3 aliphatic rings. The third-order valence-corrected chi connectivity index (χ3v) is 9.03. The van der Waals surface area contributed by atoms with Crippen LogP contribution in [0.15, 0.2) is 77.8 Å². The molecule has 2 saturated heterocycles. The summed E-state index contributed by atoms with van der Waals surface area (Å²) in [6.45, 7) is 3.99. The lowest BCUT2D eigenvalue weighted by Crippen LogP contribution is -2.57. The molecular weight excluding hydrogens is 527 g/mol. The van der Waals surface area contributed by atoms with Gasteiger partial charge in [-0.2, -0.15) is 0 Å². The number of anilines is 1. The highest BCUT2D eigenvalue weighted by molar-refractivity contribution is 6.19. The van der Waals surface area contributed by atoms with Crippen LogP contribution in [0.25, 0.3) is 11.1 Å². The monoisotopic (exact) mass is 566 g/mol. The van der Waals surface area contributed by atoms with Crippen LogP contribution in [0.5, 0.6) is 0 Å². The van der Waals surface area contributed by atoms with E-state index in [9.17, 15) is 14.0 Å². The van der Waals surface area contributed by atoms with Gasteiger partial charge in [-0.3, -0.25) is 24.9 Å². The maximum Gasteiger partial charge on any atom is 0.328 e. The number of hydrogen-bond donors (Lipinski definition) is 1. The summed E-state index contributed by atoms with van der Waals surface area (Å²) in [7, 11) is 0. The Bertz CT molecular complexity index is 1490. The lowest BCUT2D eigenvalue weighted by Gasteiger charge is -2.44. The first-order chi connectivity index (χ1) is 20.4. The molecule has 2 heterocycles. The molecule has 7 heteroatoms. The van der Waals surface area contributed by atoms with Gasteiger partial charge in [0.25, 0.3) is 0 Å². The number of amidine groups is 1. The lowest BCUT2D eigenvalue weighted by atomic mass is 9.84. The van der Waals surface area contributed by atoms with Crippen molar-refractivity contribution in [1.82, 2.24) is 10.2 Å². The fraction of sp³-hybridized carbons (Fsp3) is 0.400. The summed E-state index contributed by atoms with van der Waals surface area (Å²) in [6, 6.07) is 23.0. The number of urea groups is 1. The van der Waals surface area contributed by atoms with E-state index in [1.807, 2.05) is 24.3 Å². The fourth-order valence-electron chi connectivity index (χ4n) is 6.96. The van der Waals surface area contributed by atoms with E-state index in [1.165, 1.54) is 37.0 Å². The molecular formula is C35H39FN4O2. The molecule has 218 valence electrons. The van der Waals surface area contributed by atoms with Crippen molar-refractivity contribution in [3.63, 3.8) is 0 Å². The van der Waals surface area contributed by atoms with E-state index in [0.717, 1.165) is 67.8 Å². The number of rotatable bonds is 7. The van der Waals surface area contributed by atoms with Gasteiger partial charge in [0.2, 0.25) is 0 Å². The van der Waals surface area contributed by atoms with Gasteiger partial charge in [0, 0.05) is 31.7 Å². The molecule has 3 aromatic rings. The Morgan fingerprint density at radius 1 is 0.976 bits per heavy atom. The number of halogens is 1. The van der Waals surface area contributed by atoms with E-state index in [-0.39, 0.29) is 23.7 Å². The second-order valence-electron chi connectivity index (χ2n) is 12.1. The second kappa shape index (κ2) is 12.2. The van der Waals surface area contributed by atoms with Crippen molar-refractivity contribution in [2.24, 2.45) is 4.99 Å². The molecule has 42 heavy (non-hydrogen) atoms.